The van der Waals surface area contributed by atoms with Crippen LogP contribution >= 0.6 is 11.6 Å². The monoisotopic (exact) mass is 786 g/mol. The highest BCUT2D eigenvalue weighted by Gasteiger charge is 2.24. The Morgan fingerprint density at radius 1 is 0.569 bits per heavy atom. The number of amides is 1. The van der Waals surface area contributed by atoms with Gasteiger partial charge in [0.05, 0.1) is 23.7 Å². The molecule has 8 heteroatoms. The maximum Gasteiger partial charge on any atom is 0.305 e. The minimum absolute atomic E-state index is 0.298. The first kappa shape index (κ1) is 39.4. The third-order valence-corrected chi connectivity index (χ3v) is 9.97. The number of carbonyl (C=O) groups excluding carboxylic acids is 1. The smallest absolute Gasteiger partial charge is 0.305 e. The van der Waals surface area contributed by atoms with E-state index in [2.05, 4.69) is 10.2 Å². The molecule has 0 aliphatic rings. The Morgan fingerprint density at radius 2 is 1.05 bits per heavy atom. The van der Waals surface area contributed by atoms with Crippen molar-refractivity contribution in [3.8, 4) is 22.6 Å². The quantitative estimate of drug-likeness (QED) is 0.0956. The Balaban J connectivity index is 1.14. The van der Waals surface area contributed by atoms with Crippen molar-refractivity contribution in [3.05, 3.63) is 220 Å². The Kier molecular flexibility index (Phi) is 13.1. The molecular formula is C50H43ClN2O5. The van der Waals surface area contributed by atoms with Gasteiger partial charge in [0.2, 0.25) is 0 Å². The van der Waals surface area contributed by atoms with Crippen molar-refractivity contribution < 1.29 is 24.2 Å². The molecule has 0 saturated carbocycles. The number of carboxylic acid groups (broad SMARTS) is 1. The van der Waals surface area contributed by atoms with Crippen LogP contribution in [-0.2, 0) is 31.1 Å². The number of ether oxygens (including phenoxy) is 2. The highest BCUT2D eigenvalue weighted by atomic mass is 35.5. The van der Waals surface area contributed by atoms with Gasteiger partial charge in [-0.3, -0.25) is 9.59 Å². The van der Waals surface area contributed by atoms with E-state index >= 15 is 0 Å². The maximum atomic E-state index is 14.3. The molecule has 1 amide bonds. The van der Waals surface area contributed by atoms with E-state index in [4.69, 9.17) is 21.1 Å². The average molecular weight is 787 g/mol. The van der Waals surface area contributed by atoms with Gasteiger partial charge in [-0.25, -0.2) is 0 Å². The van der Waals surface area contributed by atoms with Gasteiger partial charge in [-0.05, 0) is 81.4 Å². The first-order valence-electron chi connectivity index (χ1n) is 19.1. The molecule has 7 aromatic rings. The number of carbonyl (C=O) groups is 2. The van der Waals surface area contributed by atoms with Gasteiger partial charge in [0.25, 0.3) is 5.91 Å². The second kappa shape index (κ2) is 19.4. The number of carboxylic acids is 1. The van der Waals surface area contributed by atoms with Crippen LogP contribution in [0.15, 0.2) is 182 Å². The lowest BCUT2D eigenvalue weighted by Crippen LogP contribution is -2.32. The van der Waals surface area contributed by atoms with Crippen molar-refractivity contribution >= 4 is 29.2 Å². The third-order valence-electron chi connectivity index (χ3n) is 9.74. The highest BCUT2D eigenvalue weighted by Crippen LogP contribution is 2.31. The minimum Gasteiger partial charge on any atom is -0.489 e. The molecule has 0 aliphatic carbocycles. The van der Waals surface area contributed by atoms with Gasteiger partial charge >= 0.3 is 5.97 Å². The molecule has 0 saturated heterocycles. The molecule has 7 rings (SSSR count). The number of hydrogen-bond donors (Lipinski definition) is 2. The molecule has 0 radical (unpaired) electrons. The standard InChI is InChI=1S/C50H43ClN2O5/c51-43-24-29-48(46(30-43)50(56)52-47(31-49(54)55)42-22-20-41(21-23-42)40-14-8-3-9-15-40)53(32-36-16-25-44(26-17-36)57-34-38-10-4-1-5-11-38)33-37-18-27-45(28-19-37)58-35-39-12-6-2-7-13-39/h1-30,47H,31-35H2,(H,52,56)(H,54,55). The van der Waals surface area contributed by atoms with Crippen LogP contribution in [0.5, 0.6) is 11.5 Å². The molecule has 7 aromatic carbocycles. The molecule has 0 spiro atoms. The van der Waals surface area contributed by atoms with Crippen LogP contribution in [0, 0.1) is 0 Å². The molecule has 1 unspecified atom stereocenters. The van der Waals surface area contributed by atoms with Gasteiger partial charge in [-0.2, -0.15) is 0 Å². The number of nitrogens with zero attached hydrogens (tertiary/aromatic N) is 1. The summed E-state index contributed by atoms with van der Waals surface area (Å²) in [6.45, 7) is 1.82. The fourth-order valence-corrected chi connectivity index (χ4v) is 6.87. The maximum absolute atomic E-state index is 14.3. The summed E-state index contributed by atoms with van der Waals surface area (Å²) in [5.41, 5.74) is 7.84. The van der Waals surface area contributed by atoms with Crippen LogP contribution in [0.4, 0.5) is 5.69 Å². The zero-order chi connectivity index (χ0) is 40.1. The first-order chi connectivity index (χ1) is 28.4. The van der Waals surface area contributed by atoms with E-state index in [0.717, 1.165) is 44.9 Å². The SMILES string of the molecule is O=C(O)CC(NC(=O)c1cc(Cl)ccc1N(Cc1ccc(OCc2ccccc2)cc1)Cc1ccc(OCc2ccccc2)cc1)c1ccc(-c2ccccc2)cc1. The van der Waals surface area contributed by atoms with Crippen molar-refractivity contribution in [1.29, 1.82) is 0 Å². The van der Waals surface area contributed by atoms with E-state index in [-0.39, 0.29) is 6.42 Å². The minimum atomic E-state index is -1.03. The summed E-state index contributed by atoms with van der Waals surface area (Å²) in [4.78, 5) is 28.5. The van der Waals surface area contributed by atoms with Crippen LogP contribution in [-0.4, -0.2) is 17.0 Å². The Hall–Kier alpha value is -6.83. The zero-order valence-electron chi connectivity index (χ0n) is 31.8. The van der Waals surface area contributed by atoms with E-state index < -0.39 is 17.9 Å². The summed E-state index contributed by atoms with van der Waals surface area (Å²) >= 11 is 6.56. The fraction of sp³-hybridized carbons (Fsp3) is 0.120. The third kappa shape index (κ3) is 10.9. The number of aliphatic carboxylic acids is 1. The molecule has 0 bridgehead atoms. The topological polar surface area (TPSA) is 88.1 Å². The normalized spacial score (nSPS) is 11.3. The summed E-state index contributed by atoms with van der Waals surface area (Å²) in [6.07, 6.45) is -0.298. The Labute approximate surface area is 344 Å². The average Bonchev–Trinajstić information content (AvgIpc) is 3.26. The molecule has 0 aliphatic heterocycles. The van der Waals surface area contributed by atoms with Gasteiger partial charge in [-0.15, -0.1) is 0 Å². The number of anilines is 1. The summed E-state index contributed by atoms with van der Waals surface area (Å²) < 4.78 is 12.1. The van der Waals surface area contributed by atoms with Crippen LogP contribution in [0.1, 0.15) is 50.6 Å². The molecule has 58 heavy (non-hydrogen) atoms. The molecule has 1 atom stereocenters. The highest BCUT2D eigenvalue weighted by molar-refractivity contribution is 6.31. The Bertz CT molecular complexity index is 2300. The van der Waals surface area contributed by atoms with Crippen LogP contribution in [0.2, 0.25) is 5.02 Å². The molecular weight excluding hydrogens is 744 g/mol. The molecule has 2 N–H and O–H groups in total. The van der Waals surface area contributed by atoms with E-state index in [0.29, 0.717) is 48.1 Å². The number of rotatable bonds is 17. The summed E-state index contributed by atoms with van der Waals surface area (Å²) in [5.74, 6) is 0.0316. The van der Waals surface area contributed by atoms with Crippen LogP contribution in [0.25, 0.3) is 11.1 Å². The Morgan fingerprint density at radius 3 is 1.55 bits per heavy atom. The van der Waals surface area contributed by atoms with Crippen molar-refractivity contribution in [2.75, 3.05) is 4.90 Å². The number of benzene rings is 7. The van der Waals surface area contributed by atoms with Gasteiger partial charge in [0, 0.05) is 18.1 Å². The van der Waals surface area contributed by atoms with Gasteiger partial charge in [0.1, 0.15) is 24.7 Å². The molecule has 7 nitrogen and oxygen atoms in total. The van der Waals surface area contributed by atoms with Crippen molar-refractivity contribution in [3.63, 3.8) is 0 Å². The first-order valence-corrected chi connectivity index (χ1v) is 19.5. The van der Waals surface area contributed by atoms with E-state index in [1.54, 1.807) is 12.1 Å². The van der Waals surface area contributed by atoms with Crippen molar-refractivity contribution in [1.82, 2.24) is 5.32 Å². The van der Waals surface area contributed by atoms with Gasteiger partial charge < -0.3 is 24.8 Å². The van der Waals surface area contributed by atoms with Crippen LogP contribution < -0.4 is 19.7 Å². The van der Waals surface area contributed by atoms with Gasteiger partial charge in [-0.1, -0.05) is 151 Å². The summed E-state index contributed by atoms with van der Waals surface area (Å²) in [7, 11) is 0. The number of hydrogen-bond acceptors (Lipinski definition) is 5. The number of halogens is 1. The zero-order valence-corrected chi connectivity index (χ0v) is 32.6. The van der Waals surface area contributed by atoms with E-state index in [9.17, 15) is 14.7 Å². The lowest BCUT2D eigenvalue weighted by Gasteiger charge is -2.28. The molecule has 0 aromatic heterocycles. The van der Waals surface area contributed by atoms with E-state index in [1.165, 1.54) is 0 Å². The fourth-order valence-electron chi connectivity index (χ4n) is 6.70. The van der Waals surface area contributed by atoms with Crippen molar-refractivity contribution in [2.45, 2.75) is 38.8 Å². The lowest BCUT2D eigenvalue weighted by molar-refractivity contribution is -0.137. The molecule has 290 valence electrons. The number of nitrogens with one attached hydrogen (secondary N) is 1. The summed E-state index contributed by atoms with van der Waals surface area (Å²) in [5, 5.41) is 13.3. The predicted molar refractivity (Wildman–Crippen MR) is 230 cm³/mol. The molecule has 0 fully saturated rings. The van der Waals surface area contributed by atoms with Crippen LogP contribution in [0.3, 0.4) is 0 Å². The van der Waals surface area contributed by atoms with E-state index in [1.807, 2.05) is 170 Å². The second-order valence-corrected chi connectivity index (χ2v) is 14.4. The predicted octanol–water partition coefficient (Wildman–Crippen LogP) is 11.3. The largest absolute Gasteiger partial charge is 0.489 e. The van der Waals surface area contributed by atoms with Crippen molar-refractivity contribution in [2.24, 2.45) is 0 Å². The second-order valence-electron chi connectivity index (χ2n) is 14.0. The molecule has 0 heterocycles. The lowest BCUT2D eigenvalue weighted by atomic mass is 9.98. The van der Waals surface area contributed by atoms with Gasteiger partial charge in [0.15, 0.2) is 0 Å². The summed E-state index contributed by atoms with van der Waals surface area (Å²) in [6, 6.07) is 57.9.